The highest BCUT2D eigenvalue weighted by Crippen LogP contribution is 2.58. The predicted octanol–water partition coefficient (Wildman–Crippen LogP) is 0.454. The SMILES string of the molecule is COC(=O)C1OC(C)(C)OP1(=O)O. The van der Waals surface area contributed by atoms with Crippen LogP contribution in [0.2, 0.25) is 0 Å². The van der Waals surface area contributed by atoms with Gasteiger partial charge in [-0.25, -0.2) is 4.79 Å². The summed E-state index contributed by atoms with van der Waals surface area (Å²) in [6, 6.07) is 0. The first kappa shape index (κ1) is 10.7. The van der Waals surface area contributed by atoms with Gasteiger partial charge in [-0.3, -0.25) is 9.09 Å². The lowest BCUT2D eigenvalue weighted by molar-refractivity contribution is -0.166. The summed E-state index contributed by atoms with van der Waals surface area (Å²) >= 11 is 0. The zero-order valence-electron chi connectivity index (χ0n) is 7.51. The minimum atomic E-state index is -4.04. The fourth-order valence-electron chi connectivity index (χ4n) is 1.00. The van der Waals surface area contributed by atoms with Crippen molar-refractivity contribution in [2.24, 2.45) is 0 Å². The van der Waals surface area contributed by atoms with E-state index in [1.807, 2.05) is 0 Å². The predicted molar refractivity (Wildman–Crippen MR) is 41.9 cm³/mol. The van der Waals surface area contributed by atoms with Crippen LogP contribution in [0.4, 0.5) is 0 Å². The monoisotopic (exact) mass is 210 g/mol. The number of esters is 1. The maximum atomic E-state index is 11.3. The molecule has 6 nitrogen and oxygen atoms in total. The van der Waals surface area contributed by atoms with Crippen LogP contribution in [0.1, 0.15) is 13.8 Å². The van der Waals surface area contributed by atoms with Crippen molar-refractivity contribution in [1.29, 1.82) is 0 Å². The van der Waals surface area contributed by atoms with Crippen LogP contribution in [0.5, 0.6) is 0 Å². The molecule has 1 fully saturated rings. The number of hydrogen-bond donors (Lipinski definition) is 1. The number of carbonyl (C=O) groups excluding carboxylic acids is 1. The fraction of sp³-hybridized carbons (Fsp3) is 0.833. The summed E-state index contributed by atoms with van der Waals surface area (Å²) in [6.07, 6.45) is 0. The van der Waals surface area contributed by atoms with Crippen molar-refractivity contribution in [3.63, 3.8) is 0 Å². The van der Waals surface area contributed by atoms with Gasteiger partial charge < -0.3 is 14.4 Å². The van der Waals surface area contributed by atoms with E-state index in [1.54, 1.807) is 0 Å². The van der Waals surface area contributed by atoms with Gasteiger partial charge in [0.25, 0.3) is 5.85 Å². The summed E-state index contributed by atoms with van der Waals surface area (Å²) in [5.41, 5.74) is 0. The molecule has 0 saturated carbocycles. The molecule has 1 N–H and O–H groups in total. The molecule has 0 aliphatic carbocycles. The van der Waals surface area contributed by atoms with Crippen LogP contribution in [0.15, 0.2) is 0 Å². The molecule has 1 heterocycles. The first-order valence-corrected chi connectivity index (χ1v) is 5.22. The van der Waals surface area contributed by atoms with Gasteiger partial charge in [-0.1, -0.05) is 0 Å². The lowest BCUT2D eigenvalue weighted by Gasteiger charge is -2.13. The Bertz CT molecular complexity index is 272. The van der Waals surface area contributed by atoms with E-state index in [4.69, 9.17) is 4.74 Å². The van der Waals surface area contributed by atoms with Gasteiger partial charge in [-0.2, -0.15) is 0 Å². The summed E-state index contributed by atoms with van der Waals surface area (Å²) < 4.78 is 25.1. The fourth-order valence-corrected chi connectivity index (χ4v) is 2.53. The van der Waals surface area contributed by atoms with Gasteiger partial charge in [-0.05, 0) is 13.8 Å². The zero-order valence-corrected chi connectivity index (χ0v) is 8.41. The lowest BCUT2D eigenvalue weighted by atomic mass is 10.4. The standard InChI is InChI=1S/C6H11O6P/c1-6(2)11-5(4(7)10-3)13(8,9)12-6/h5H,1-3H3,(H,8,9). The number of ether oxygens (including phenoxy) is 2. The Morgan fingerprint density at radius 3 is 2.46 bits per heavy atom. The highest BCUT2D eigenvalue weighted by molar-refractivity contribution is 7.54. The smallest absolute Gasteiger partial charge is 0.370 e. The molecule has 0 amide bonds. The van der Waals surface area contributed by atoms with Crippen molar-refractivity contribution in [3.05, 3.63) is 0 Å². The average Bonchev–Trinajstić information content (AvgIpc) is 2.17. The Labute approximate surface area is 75.3 Å². The molecule has 0 aromatic heterocycles. The Morgan fingerprint density at radius 1 is 1.62 bits per heavy atom. The Hall–Kier alpha value is -0.420. The number of hydrogen-bond acceptors (Lipinski definition) is 5. The number of rotatable bonds is 1. The number of methoxy groups -OCH3 is 1. The Morgan fingerprint density at radius 2 is 2.15 bits per heavy atom. The molecule has 0 spiro atoms. The summed E-state index contributed by atoms with van der Waals surface area (Å²) in [5.74, 6) is -3.67. The van der Waals surface area contributed by atoms with Crippen LogP contribution in [0.3, 0.4) is 0 Å². The molecular weight excluding hydrogens is 199 g/mol. The molecule has 2 atom stereocenters. The van der Waals surface area contributed by atoms with E-state index in [0.717, 1.165) is 7.11 Å². The molecule has 1 rings (SSSR count). The molecule has 1 aliphatic heterocycles. The second-order valence-electron chi connectivity index (χ2n) is 3.05. The van der Waals surface area contributed by atoms with Crippen LogP contribution in [0.25, 0.3) is 0 Å². The molecule has 1 aliphatic rings. The maximum absolute atomic E-state index is 11.3. The van der Waals surface area contributed by atoms with Crippen LogP contribution in [-0.2, 0) is 23.4 Å². The third-order valence-electron chi connectivity index (χ3n) is 1.45. The summed E-state index contributed by atoms with van der Waals surface area (Å²) in [6.45, 7) is 2.89. The molecular formula is C6H11O6P. The highest BCUT2D eigenvalue weighted by Gasteiger charge is 2.54. The van der Waals surface area contributed by atoms with Crippen molar-refractivity contribution < 1.29 is 28.3 Å². The quantitative estimate of drug-likeness (QED) is 0.500. The van der Waals surface area contributed by atoms with Crippen LogP contribution >= 0.6 is 7.60 Å². The van der Waals surface area contributed by atoms with Gasteiger partial charge in [0, 0.05) is 0 Å². The lowest BCUT2D eigenvalue weighted by Crippen LogP contribution is -2.26. The third-order valence-corrected chi connectivity index (χ3v) is 3.06. The molecule has 1 saturated heterocycles. The van der Waals surface area contributed by atoms with Crippen LogP contribution < -0.4 is 0 Å². The van der Waals surface area contributed by atoms with E-state index in [-0.39, 0.29) is 0 Å². The first-order valence-electron chi connectivity index (χ1n) is 3.57. The highest BCUT2D eigenvalue weighted by atomic mass is 31.2. The van der Waals surface area contributed by atoms with Crippen molar-refractivity contribution in [1.82, 2.24) is 0 Å². The van der Waals surface area contributed by atoms with Crippen molar-refractivity contribution in [2.75, 3.05) is 7.11 Å². The topological polar surface area (TPSA) is 82.1 Å². The zero-order chi connectivity index (χ0) is 10.3. The van der Waals surface area contributed by atoms with Crippen LogP contribution in [0, 0.1) is 0 Å². The van der Waals surface area contributed by atoms with Crippen molar-refractivity contribution in [2.45, 2.75) is 25.5 Å². The van der Waals surface area contributed by atoms with Gasteiger partial charge in [0.05, 0.1) is 7.11 Å². The maximum Gasteiger partial charge on any atom is 0.370 e. The van der Waals surface area contributed by atoms with Crippen molar-refractivity contribution in [3.8, 4) is 0 Å². The Kier molecular flexibility index (Phi) is 2.51. The second kappa shape index (κ2) is 3.06. The molecule has 0 aromatic carbocycles. The van der Waals surface area contributed by atoms with Gasteiger partial charge >= 0.3 is 13.6 Å². The number of carbonyl (C=O) groups is 1. The van der Waals surface area contributed by atoms with E-state index < -0.39 is 25.2 Å². The second-order valence-corrected chi connectivity index (χ2v) is 4.83. The molecule has 2 unspecified atom stereocenters. The molecule has 0 radical (unpaired) electrons. The minimum Gasteiger partial charge on any atom is -0.467 e. The molecule has 7 heteroatoms. The van der Waals surface area contributed by atoms with Gasteiger partial charge in [-0.15, -0.1) is 0 Å². The Balaban J connectivity index is 2.89. The molecule has 0 bridgehead atoms. The van der Waals surface area contributed by atoms with E-state index >= 15 is 0 Å². The molecule has 0 aromatic rings. The summed E-state index contributed by atoms with van der Waals surface area (Å²) in [7, 11) is -2.94. The largest absolute Gasteiger partial charge is 0.467 e. The summed E-state index contributed by atoms with van der Waals surface area (Å²) in [4.78, 5) is 20.2. The molecule has 76 valence electrons. The third kappa shape index (κ3) is 2.08. The van der Waals surface area contributed by atoms with E-state index in [9.17, 15) is 14.3 Å². The van der Waals surface area contributed by atoms with Gasteiger partial charge in [0.1, 0.15) is 0 Å². The van der Waals surface area contributed by atoms with E-state index in [2.05, 4.69) is 9.26 Å². The van der Waals surface area contributed by atoms with Gasteiger partial charge in [0.2, 0.25) is 0 Å². The normalized spacial score (nSPS) is 37.4. The van der Waals surface area contributed by atoms with Gasteiger partial charge in [0.15, 0.2) is 5.79 Å². The minimum absolute atomic E-state index is 0.906. The van der Waals surface area contributed by atoms with E-state index in [1.165, 1.54) is 13.8 Å². The first-order chi connectivity index (χ1) is 5.78. The van der Waals surface area contributed by atoms with Crippen molar-refractivity contribution >= 4 is 13.6 Å². The summed E-state index contributed by atoms with van der Waals surface area (Å²) in [5, 5.41) is 0. The van der Waals surface area contributed by atoms with Crippen LogP contribution in [-0.4, -0.2) is 29.6 Å². The van der Waals surface area contributed by atoms with E-state index in [0.29, 0.717) is 0 Å². The molecule has 13 heavy (non-hydrogen) atoms. The average molecular weight is 210 g/mol.